The fraction of sp³-hybridized carbons (Fsp3) is 0.945. The van der Waals surface area contributed by atoms with E-state index in [0.29, 0.717) is 31.6 Å². The Balaban J connectivity index is 5.24. The molecule has 0 aromatic heterocycles. The first-order valence-electron chi connectivity index (χ1n) is 37.7. The number of esters is 4. The van der Waals surface area contributed by atoms with Crippen LogP contribution < -0.4 is 0 Å². The molecular formula is C73H142O17P2. The molecule has 0 radical (unpaired) electrons. The number of hydrogen-bond donors (Lipinski definition) is 3. The number of carbonyl (C=O) groups is 4. The van der Waals surface area contributed by atoms with Gasteiger partial charge in [-0.1, -0.05) is 312 Å². The topological polar surface area (TPSA) is 237 Å². The predicted molar refractivity (Wildman–Crippen MR) is 372 cm³/mol. The van der Waals surface area contributed by atoms with E-state index >= 15 is 0 Å². The van der Waals surface area contributed by atoms with Gasteiger partial charge in [-0.2, -0.15) is 0 Å². The highest BCUT2D eigenvalue weighted by Crippen LogP contribution is 2.45. The van der Waals surface area contributed by atoms with Crippen molar-refractivity contribution in [2.45, 2.75) is 382 Å². The standard InChI is InChI=1S/C73H142O17P2/c1-63(2)49-41-33-25-18-13-10-9-11-15-22-30-39-47-55-72(77)89-69(60-84-71(76)54-46-38-32-24-28-36-44-52-66(7)8)62-88-92(81,82)86-58-67(74)57-85-91(79,80)87-61-68(90-73(78)56-48-40-31-23-17-20-27-35-43-51-65(5)6)59-83-70(75)53-45-37-29-21-16-12-14-19-26-34-42-50-64(3)4/h63-69,74H,9-62H2,1-8H3,(H,79,80)(H,81,82)/t67?,68-,69-/m1/s1. The minimum atomic E-state index is -4.95. The first kappa shape index (κ1) is 90.1. The van der Waals surface area contributed by atoms with Gasteiger partial charge in [-0.3, -0.25) is 37.3 Å². The van der Waals surface area contributed by atoms with Crippen LogP contribution in [0.5, 0.6) is 0 Å². The molecule has 0 aromatic rings. The van der Waals surface area contributed by atoms with E-state index in [0.717, 1.165) is 114 Å². The number of rotatable bonds is 70. The summed E-state index contributed by atoms with van der Waals surface area (Å²) in [5.41, 5.74) is 0. The summed E-state index contributed by atoms with van der Waals surface area (Å²) in [4.78, 5) is 72.7. The van der Waals surface area contributed by atoms with Gasteiger partial charge >= 0.3 is 39.5 Å². The van der Waals surface area contributed by atoms with Crippen LogP contribution in [0.1, 0.15) is 364 Å². The molecule has 0 rings (SSSR count). The van der Waals surface area contributed by atoms with Gasteiger partial charge in [0.15, 0.2) is 12.2 Å². The van der Waals surface area contributed by atoms with Crippen molar-refractivity contribution in [3.8, 4) is 0 Å². The number of phosphoric acid groups is 2. The number of aliphatic hydroxyl groups excluding tert-OH is 1. The van der Waals surface area contributed by atoms with E-state index in [1.165, 1.54) is 161 Å². The lowest BCUT2D eigenvalue weighted by molar-refractivity contribution is -0.161. The lowest BCUT2D eigenvalue weighted by Crippen LogP contribution is -2.30. The van der Waals surface area contributed by atoms with Crippen LogP contribution in [0.15, 0.2) is 0 Å². The smallest absolute Gasteiger partial charge is 0.462 e. The molecule has 0 aliphatic rings. The van der Waals surface area contributed by atoms with Gasteiger partial charge in [0.05, 0.1) is 26.4 Å². The van der Waals surface area contributed by atoms with Gasteiger partial charge in [0.2, 0.25) is 0 Å². The minimum Gasteiger partial charge on any atom is -0.462 e. The van der Waals surface area contributed by atoms with Crippen molar-refractivity contribution in [2.24, 2.45) is 23.7 Å². The summed E-state index contributed by atoms with van der Waals surface area (Å²) < 4.78 is 68.4. The summed E-state index contributed by atoms with van der Waals surface area (Å²) in [5.74, 6) is 0.873. The van der Waals surface area contributed by atoms with Crippen LogP contribution in [0.4, 0.5) is 0 Å². The van der Waals surface area contributed by atoms with E-state index in [1.807, 2.05) is 0 Å². The number of hydrogen-bond acceptors (Lipinski definition) is 15. The van der Waals surface area contributed by atoms with Crippen molar-refractivity contribution in [1.29, 1.82) is 0 Å². The predicted octanol–water partition coefficient (Wildman–Crippen LogP) is 20.9. The van der Waals surface area contributed by atoms with Gasteiger partial charge in [0, 0.05) is 25.7 Å². The number of aliphatic hydroxyl groups is 1. The maximum Gasteiger partial charge on any atom is 0.472 e. The summed E-state index contributed by atoms with van der Waals surface area (Å²) in [5, 5.41) is 10.6. The highest BCUT2D eigenvalue weighted by Gasteiger charge is 2.30. The molecule has 546 valence electrons. The molecule has 0 fully saturated rings. The fourth-order valence-electron chi connectivity index (χ4n) is 11.0. The molecule has 0 amide bonds. The molecular weight excluding hydrogens is 1210 g/mol. The molecule has 5 atom stereocenters. The third-order valence-electron chi connectivity index (χ3n) is 16.8. The maximum atomic E-state index is 13.0. The fourth-order valence-corrected chi connectivity index (χ4v) is 12.6. The Morgan fingerprint density at radius 2 is 0.457 bits per heavy atom. The normalized spacial score (nSPS) is 14.2. The van der Waals surface area contributed by atoms with E-state index in [-0.39, 0.29) is 25.7 Å². The van der Waals surface area contributed by atoms with E-state index < -0.39 is 97.5 Å². The zero-order valence-electron chi connectivity index (χ0n) is 60.2. The van der Waals surface area contributed by atoms with E-state index in [9.17, 15) is 43.2 Å². The molecule has 0 bridgehead atoms. The Hall–Kier alpha value is -1.94. The van der Waals surface area contributed by atoms with Crippen LogP contribution in [-0.2, 0) is 65.4 Å². The summed E-state index contributed by atoms with van der Waals surface area (Å²) in [6.07, 6.45) is 45.9. The number of unbranched alkanes of at least 4 members (excludes halogenated alkanes) is 36. The van der Waals surface area contributed by atoms with Gasteiger partial charge < -0.3 is 33.8 Å². The van der Waals surface area contributed by atoms with Gasteiger partial charge in [-0.25, -0.2) is 9.13 Å². The van der Waals surface area contributed by atoms with Gasteiger partial charge in [0.25, 0.3) is 0 Å². The molecule has 0 saturated heterocycles. The van der Waals surface area contributed by atoms with Crippen molar-refractivity contribution >= 4 is 39.5 Å². The number of ether oxygens (including phenoxy) is 4. The number of carbonyl (C=O) groups excluding carboxylic acids is 4. The Kier molecular flexibility index (Phi) is 61.3. The molecule has 17 nitrogen and oxygen atoms in total. The summed E-state index contributed by atoms with van der Waals surface area (Å²) in [6.45, 7) is 14.1. The van der Waals surface area contributed by atoms with E-state index in [2.05, 4.69) is 55.4 Å². The molecule has 0 aromatic carbocycles. The Morgan fingerprint density at radius 3 is 0.674 bits per heavy atom. The molecule has 3 unspecified atom stereocenters. The zero-order valence-corrected chi connectivity index (χ0v) is 62.0. The summed E-state index contributed by atoms with van der Waals surface area (Å²) in [6, 6.07) is 0. The molecule has 0 spiro atoms. The largest absolute Gasteiger partial charge is 0.472 e. The Bertz CT molecular complexity index is 1820. The zero-order chi connectivity index (χ0) is 68.2. The van der Waals surface area contributed by atoms with E-state index in [1.54, 1.807) is 0 Å². The van der Waals surface area contributed by atoms with Crippen LogP contribution in [0, 0.1) is 23.7 Å². The van der Waals surface area contributed by atoms with Crippen molar-refractivity contribution in [3.63, 3.8) is 0 Å². The lowest BCUT2D eigenvalue weighted by Gasteiger charge is -2.21. The summed E-state index contributed by atoms with van der Waals surface area (Å²) >= 11 is 0. The highest BCUT2D eigenvalue weighted by atomic mass is 31.2. The van der Waals surface area contributed by atoms with Crippen molar-refractivity contribution in [1.82, 2.24) is 0 Å². The second-order valence-corrected chi connectivity index (χ2v) is 31.1. The maximum absolute atomic E-state index is 13.0. The van der Waals surface area contributed by atoms with Gasteiger partial charge in [-0.05, 0) is 49.4 Å². The van der Waals surface area contributed by atoms with Crippen molar-refractivity contribution < 1.29 is 80.2 Å². The molecule has 0 heterocycles. The van der Waals surface area contributed by atoms with Crippen LogP contribution >= 0.6 is 15.6 Å². The van der Waals surface area contributed by atoms with Gasteiger partial charge in [-0.15, -0.1) is 0 Å². The molecule has 3 N–H and O–H groups in total. The Labute approximate surface area is 562 Å². The minimum absolute atomic E-state index is 0.105. The summed E-state index contributed by atoms with van der Waals surface area (Å²) in [7, 11) is -9.91. The molecule has 92 heavy (non-hydrogen) atoms. The first-order valence-corrected chi connectivity index (χ1v) is 40.7. The monoisotopic (exact) mass is 1350 g/mol. The molecule has 19 heteroatoms. The average molecular weight is 1350 g/mol. The van der Waals surface area contributed by atoms with Crippen LogP contribution in [0.3, 0.4) is 0 Å². The van der Waals surface area contributed by atoms with Crippen LogP contribution in [0.2, 0.25) is 0 Å². The highest BCUT2D eigenvalue weighted by molar-refractivity contribution is 7.47. The molecule has 0 aliphatic heterocycles. The Morgan fingerprint density at radius 1 is 0.272 bits per heavy atom. The quantitative estimate of drug-likeness (QED) is 0.0222. The van der Waals surface area contributed by atoms with Crippen LogP contribution in [-0.4, -0.2) is 96.7 Å². The third kappa shape index (κ3) is 66.7. The van der Waals surface area contributed by atoms with Gasteiger partial charge in [0.1, 0.15) is 19.3 Å². The van der Waals surface area contributed by atoms with Crippen LogP contribution in [0.25, 0.3) is 0 Å². The first-order chi connectivity index (χ1) is 44.1. The third-order valence-corrected chi connectivity index (χ3v) is 18.7. The van der Waals surface area contributed by atoms with Crippen molar-refractivity contribution in [3.05, 3.63) is 0 Å². The second-order valence-electron chi connectivity index (χ2n) is 28.2. The average Bonchev–Trinajstić information content (AvgIpc) is 1.50. The molecule has 0 saturated carbocycles. The second kappa shape index (κ2) is 62.6. The SMILES string of the molecule is CC(C)CCCCCCCCCCCCCCCC(=O)O[C@H](COC(=O)CCCCCCCCCC(C)C)COP(=O)(O)OCC(O)COP(=O)(O)OC[C@@H](COC(=O)CCCCCCCCCCCCCC(C)C)OC(=O)CCCCCCCCCCCC(C)C. The number of phosphoric ester groups is 2. The van der Waals surface area contributed by atoms with E-state index in [4.69, 9.17) is 37.0 Å². The lowest BCUT2D eigenvalue weighted by atomic mass is 10.0. The van der Waals surface area contributed by atoms with Crippen molar-refractivity contribution in [2.75, 3.05) is 39.6 Å². The molecule has 0 aliphatic carbocycles.